The van der Waals surface area contributed by atoms with E-state index in [2.05, 4.69) is 0 Å². The Morgan fingerprint density at radius 1 is 1.25 bits per heavy atom. The van der Waals surface area contributed by atoms with Crippen molar-refractivity contribution in [1.29, 1.82) is 0 Å². The van der Waals surface area contributed by atoms with Gasteiger partial charge < -0.3 is 9.84 Å². The lowest BCUT2D eigenvalue weighted by atomic mass is 9.46. The first-order valence-corrected chi connectivity index (χ1v) is 5.77. The van der Waals surface area contributed by atoms with Gasteiger partial charge in [0.1, 0.15) is 10.8 Å². The van der Waals surface area contributed by atoms with Gasteiger partial charge in [-0.3, -0.25) is 9.59 Å². The number of esters is 2. The van der Waals surface area contributed by atoms with E-state index < -0.39 is 10.8 Å². The maximum Gasteiger partial charge on any atom is 0.325 e. The van der Waals surface area contributed by atoms with Crippen molar-refractivity contribution in [3.8, 4) is 0 Å². The second-order valence-corrected chi connectivity index (χ2v) is 4.90. The molecule has 4 nitrogen and oxygen atoms in total. The van der Waals surface area contributed by atoms with Gasteiger partial charge in [0, 0.05) is 6.61 Å². The smallest absolute Gasteiger partial charge is 0.325 e. The highest BCUT2D eigenvalue weighted by Gasteiger charge is 2.74. The predicted octanol–water partition coefficient (Wildman–Crippen LogP) is 0.939. The van der Waals surface area contributed by atoms with Crippen LogP contribution in [0.25, 0.3) is 0 Å². The summed E-state index contributed by atoms with van der Waals surface area (Å²) >= 11 is 0. The summed E-state index contributed by atoms with van der Waals surface area (Å²) in [5, 5.41) is 8.98. The topological polar surface area (TPSA) is 63.6 Å². The van der Waals surface area contributed by atoms with Crippen LogP contribution in [0.2, 0.25) is 0 Å². The Labute approximate surface area is 93.3 Å². The Morgan fingerprint density at radius 2 is 2.00 bits per heavy atom. The number of aliphatic hydroxyl groups is 1. The number of aliphatic hydroxyl groups excluding tert-OH is 1. The van der Waals surface area contributed by atoms with E-state index in [4.69, 9.17) is 9.84 Å². The molecular weight excluding hydrogens is 208 g/mol. The van der Waals surface area contributed by atoms with Crippen molar-refractivity contribution in [2.45, 2.75) is 32.1 Å². The zero-order chi connectivity index (χ0) is 11.4. The van der Waals surface area contributed by atoms with Crippen LogP contribution in [0.5, 0.6) is 0 Å². The Balaban J connectivity index is 2.10. The molecule has 4 heteroatoms. The van der Waals surface area contributed by atoms with E-state index in [9.17, 15) is 9.59 Å². The number of rotatable bonds is 2. The zero-order valence-corrected chi connectivity index (χ0v) is 8.99. The van der Waals surface area contributed by atoms with Crippen LogP contribution in [0.3, 0.4) is 0 Å². The van der Waals surface area contributed by atoms with E-state index in [1.807, 2.05) is 6.08 Å². The lowest BCUT2D eigenvalue weighted by Gasteiger charge is -2.51. The highest BCUT2D eigenvalue weighted by Crippen LogP contribution is 2.68. The second-order valence-electron chi connectivity index (χ2n) is 4.90. The predicted molar refractivity (Wildman–Crippen MR) is 54.2 cm³/mol. The molecule has 86 valence electrons. The van der Waals surface area contributed by atoms with Crippen molar-refractivity contribution in [3.05, 3.63) is 11.6 Å². The maximum absolute atomic E-state index is 11.9. The van der Waals surface area contributed by atoms with Crippen LogP contribution >= 0.6 is 0 Å². The first-order chi connectivity index (χ1) is 7.67. The molecule has 0 radical (unpaired) electrons. The SMILES string of the molecule is O=C1OC(=O)[C@@]23C=C(CCO)[C@@]12CCCC3. The van der Waals surface area contributed by atoms with Crippen LogP contribution in [-0.4, -0.2) is 23.7 Å². The zero-order valence-electron chi connectivity index (χ0n) is 8.99. The monoisotopic (exact) mass is 222 g/mol. The molecule has 2 aliphatic carbocycles. The van der Waals surface area contributed by atoms with Gasteiger partial charge in [-0.25, -0.2) is 0 Å². The van der Waals surface area contributed by atoms with Gasteiger partial charge in [0.05, 0.1) is 0 Å². The Morgan fingerprint density at radius 3 is 2.75 bits per heavy atom. The Hall–Kier alpha value is -1.16. The van der Waals surface area contributed by atoms with Crippen molar-refractivity contribution in [1.82, 2.24) is 0 Å². The molecule has 1 heterocycles. The molecule has 16 heavy (non-hydrogen) atoms. The summed E-state index contributed by atoms with van der Waals surface area (Å²) in [7, 11) is 0. The molecule has 3 rings (SSSR count). The summed E-state index contributed by atoms with van der Waals surface area (Å²) in [5.41, 5.74) is -0.469. The Bertz CT molecular complexity index is 411. The van der Waals surface area contributed by atoms with Crippen LogP contribution in [-0.2, 0) is 14.3 Å². The van der Waals surface area contributed by atoms with E-state index in [1.54, 1.807) is 0 Å². The van der Waals surface area contributed by atoms with Gasteiger partial charge in [0.25, 0.3) is 0 Å². The van der Waals surface area contributed by atoms with E-state index in [1.165, 1.54) is 0 Å². The van der Waals surface area contributed by atoms with Gasteiger partial charge in [-0.2, -0.15) is 0 Å². The molecule has 1 saturated carbocycles. The summed E-state index contributed by atoms with van der Waals surface area (Å²) < 4.78 is 4.84. The van der Waals surface area contributed by atoms with Gasteiger partial charge in [-0.15, -0.1) is 0 Å². The first kappa shape index (κ1) is 10.0. The van der Waals surface area contributed by atoms with Gasteiger partial charge in [0.2, 0.25) is 0 Å². The van der Waals surface area contributed by atoms with Gasteiger partial charge in [-0.1, -0.05) is 24.5 Å². The van der Waals surface area contributed by atoms with Gasteiger partial charge >= 0.3 is 11.9 Å². The number of hydrogen-bond donors (Lipinski definition) is 1. The minimum absolute atomic E-state index is 0.0190. The molecule has 2 fully saturated rings. The summed E-state index contributed by atoms with van der Waals surface area (Å²) in [6.07, 6.45) is 5.68. The number of hydrogen-bond acceptors (Lipinski definition) is 4. The van der Waals surface area contributed by atoms with Crippen molar-refractivity contribution < 1.29 is 19.4 Å². The normalized spacial score (nSPS) is 40.7. The number of carbonyl (C=O) groups excluding carboxylic acids is 2. The molecule has 0 bridgehead atoms. The van der Waals surface area contributed by atoms with E-state index in [0.29, 0.717) is 19.3 Å². The summed E-state index contributed by atoms with van der Waals surface area (Å²) in [6, 6.07) is 0. The van der Waals surface area contributed by atoms with Crippen LogP contribution in [0.1, 0.15) is 32.1 Å². The fourth-order valence-corrected chi connectivity index (χ4v) is 3.63. The molecule has 0 aromatic heterocycles. The molecule has 1 N–H and O–H groups in total. The average Bonchev–Trinajstić information content (AvgIpc) is 2.42. The Kier molecular flexibility index (Phi) is 1.84. The number of cyclic esters (lactones) is 2. The van der Waals surface area contributed by atoms with Crippen molar-refractivity contribution >= 4 is 11.9 Å². The molecule has 3 aliphatic rings. The average molecular weight is 222 g/mol. The van der Waals surface area contributed by atoms with Crippen molar-refractivity contribution in [2.24, 2.45) is 10.8 Å². The molecule has 0 aromatic carbocycles. The van der Waals surface area contributed by atoms with Crippen LogP contribution in [0.15, 0.2) is 11.6 Å². The molecule has 1 saturated heterocycles. The molecule has 0 amide bonds. The van der Waals surface area contributed by atoms with Gasteiger partial charge in [0.15, 0.2) is 0 Å². The summed E-state index contributed by atoms with van der Waals surface area (Å²) in [5.74, 6) is -0.762. The lowest BCUT2D eigenvalue weighted by molar-refractivity contribution is -0.154. The molecule has 0 spiro atoms. The fourth-order valence-electron chi connectivity index (χ4n) is 3.63. The highest BCUT2D eigenvalue weighted by atomic mass is 16.6. The number of carbonyl (C=O) groups is 2. The standard InChI is InChI=1S/C12H14O4/c13-6-3-8-7-11-4-1-2-5-12(8,11)10(15)16-9(11)14/h7,13H,1-6H2/t11-,12+/m1/s1. The van der Waals surface area contributed by atoms with E-state index in [0.717, 1.165) is 18.4 Å². The molecule has 0 aromatic rings. The third kappa shape index (κ3) is 0.820. The quantitative estimate of drug-likeness (QED) is 0.429. The highest BCUT2D eigenvalue weighted by molar-refractivity contribution is 6.07. The minimum atomic E-state index is -0.703. The number of ether oxygens (including phenoxy) is 1. The van der Waals surface area contributed by atoms with Crippen LogP contribution in [0.4, 0.5) is 0 Å². The fraction of sp³-hybridized carbons (Fsp3) is 0.667. The van der Waals surface area contributed by atoms with Gasteiger partial charge in [-0.05, 0) is 19.3 Å². The van der Waals surface area contributed by atoms with Crippen LogP contribution in [0, 0.1) is 10.8 Å². The lowest BCUT2D eigenvalue weighted by Crippen LogP contribution is -2.54. The third-order valence-electron chi connectivity index (χ3n) is 4.38. The summed E-state index contributed by atoms with van der Waals surface area (Å²) in [6.45, 7) is 0.0190. The molecule has 0 unspecified atom stereocenters. The molecular formula is C12H14O4. The minimum Gasteiger partial charge on any atom is -0.396 e. The molecule has 2 atom stereocenters. The van der Waals surface area contributed by atoms with E-state index in [-0.39, 0.29) is 18.5 Å². The van der Waals surface area contributed by atoms with E-state index >= 15 is 0 Å². The van der Waals surface area contributed by atoms with Crippen molar-refractivity contribution in [2.75, 3.05) is 6.61 Å². The summed E-state index contributed by atoms with van der Waals surface area (Å²) in [4.78, 5) is 23.7. The van der Waals surface area contributed by atoms with Crippen molar-refractivity contribution in [3.63, 3.8) is 0 Å². The maximum atomic E-state index is 11.9. The third-order valence-corrected chi connectivity index (χ3v) is 4.38. The second kappa shape index (κ2) is 2.94. The largest absolute Gasteiger partial charge is 0.396 e. The first-order valence-electron chi connectivity index (χ1n) is 5.77. The molecule has 1 aliphatic heterocycles. The van der Waals surface area contributed by atoms with Crippen LogP contribution < -0.4 is 0 Å².